The molecule has 0 aromatic carbocycles. The Bertz CT molecular complexity index is 212. The molecule has 1 saturated carbocycles. The first kappa shape index (κ1) is 10.3. The van der Waals surface area contributed by atoms with Crippen molar-refractivity contribution in [3.8, 4) is 0 Å². The average Bonchev–Trinajstić information content (AvgIpc) is 2.48. The van der Waals surface area contributed by atoms with Crippen molar-refractivity contribution in [2.45, 2.75) is 31.8 Å². The van der Waals surface area contributed by atoms with E-state index in [1.165, 1.54) is 7.11 Å². The highest BCUT2D eigenvalue weighted by Crippen LogP contribution is 2.42. The Kier molecular flexibility index (Phi) is 3.09. The Hall–Kier alpha value is -0.830. The fourth-order valence-corrected chi connectivity index (χ4v) is 2.07. The minimum atomic E-state index is -0.712. The number of hydrogen-bond acceptors (Lipinski definition) is 3. The summed E-state index contributed by atoms with van der Waals surface area (Å²) in [5.41, 5.74) is -0.712. The number of ether oxygens (including phenoxy) is 1. The van der Waals surface area contributed by atoms with Crippen molar-refractivity contribution in [1.29, 1.82) is 0 Å². The van der Waals surface area contributed by atoms with Crippen LogP contribution < -0.4 is 0 Å². The van der Waals surface area contributed by atoms with Crippen LogP contribution in [0.25, 0.3) is 0 Å². The van der Waals surface area contributed by atoms with E-state index in [0.717, 1.165) is 6.42 Å². The lowest BCUT2D eigenvalue weighted by Gasteiger charge is -2.28. The number of carbonyl (C=O) groups excluding carboxylic acids is 1. The van der Waals surface area contributed by atoms with Crippen LogP contribution in [0.1, 0.15) is 25.7 Å². The molecular formula is C10H16O3. The molecule has 0 saturated heterocycles. The van der Waals surface area contributed by atoms with Crippen LogP contribution >= 0.6 is 0 Å². The lowest BCUT2D eigenvalue weighted by Crippen LogP contribution is -2.38. The van der Waals surface area contributed by atoms with Crippen LogP contribution in [-0.2, 0) is 9.53 Å². The number of aliphatic hydroxyl groups is 1. The summed E-state index contributed by atoms with van der Waals surface area (Å²) in [6.07, 6.45) is 3.87. The molecule has 0 bridgehead atoms. The predicted octanol–water partition coefficient (Wildman–Crippen LogP) is 1.27. The van der Waals surface area contributed by atoms with E-state index >= 15 is 0 Å². The van der Waals surface area contributed by atoms with Crippen LogP contribution in [0, 0.1) is 5.41 Å². The number of methoxy groups -OCH3 is 1. The molecule has 74 valence electrons. The smallest absolute Gasteiger partial charge is 0.314 e. The van der Waals surface area contributed by atoms with Gasteiger partial charge in [-0.25, -0.2) is 0 Å². The van der Waals surface area contributed by atoms with Crippen LogP contribution in [0.2, 0.25) is 0 Å². The number of rotatable bonds is 3. The highest BCUT2D eigenvalue weighted by molar-refractivity contribution is 5.78. The molecule has 0 spiro atoms. The number of hydrogen-bond donors (Lipinski definition) is 1. The molecule has 1 N–H and O–H groups in total. The lowest BCUT2D eigenvalue weighted by molar-refractivity contribution is -0.158. The third-order valence-electron chi connectivity index (χ3n) is 2.84. The fraction of sp³-hybridized carbons (Fsp3) is 0.700. The third-order valence-corrected chi connectivity index (χ3v) is 2.84. The number of aliphatic hydroxyl groups excluding tert-OH is 1. The molecule has 2 atom stereocenters. The Balaban J connectivity index is 2.85. The second-order valence-corrected chi connectivity index (χ2v) is 3.55. The van der Waals surface area contributed by atoms with Gasteiger partial charge in [-0.1, -0.05) is 6.08 Å². The van der Waals surface area contributed by atoms with Gasteiger partial charge in [0.1, 0.15) is 0 Å². The van der Waals surface area contributed by atoms with E-state index in [-0.39, 0.29) is 5.97 Å². The average molecular weight is 184 g/mol. The Morgan fingerprint density at radius 3 is 2.92 bits per heavy atom. The molecular weight excluding hydrogens is 168 g/mol. The van der Waals surface area contributed by atoms with Gasteiger partial charge in [0, 0.05) is 0 Å². The Morgan fingerprint density at radius 1 is 1.85 bits per heavy atom. The summed E-state index contributed by atoms with van der Waals surface area (Å²) in [6, 6.07) is 0. The molecule has 0 aromatic heterocycles. The van der Waals surface area contributed by atoms with Crippen molar-refractivity contribution < 1.29 is 14.6 Å². The third kappa shape index (κ3) is 1.61. The maximum Gasteiger partial charge on any atom is 0.314 e. The van der Waals surface area contributed by atoms with Gasteiger partial charge in [0.05, 0.1) is 18.6 Å². The number of esters is 1. The van der Waals surface area contributed by atoms with Crippen molar-refractivity contribution in [1.82, 2.24) is 0 Å². The summed E-state index contributed by atoms with van der Waals surface area (Å²) in [4.78, 5) is 11.5. The van der Waals surface area contributed by atoms with E-state index in [1.54, 1.807) is 6.08 Å². The quantitative estimate of drug-likeness (QED) is 0.530. The summed E-state index contributed by atoms with van der Waals surface area (Å²) in [5.74, 6) is -0.308. The van der Waals surface area contributed by atoms with E-state index in [2.05, 4.69) is 6.58 Å². The predicted molar refractivity (Wildman–Crippen MR) is 49.1 cm³/mol. The summed E-state index contributed by atoms with van der Waals surface area (Å²) in [6.45, 7) is 3.60. The monoisotopic (exact) mass is 184 g/mol. The molecule has 0 radical (unpaired) electrons. The maximum atomic E-state index is 11.5. The lowest BCUT2D eigenvalue weighted by atomic mass is 9.81. The minimum Gasteiger partial charge on any atom is -0.469 e. The second-order valence-electron chi connectivity index (χ2n) is 3.55. The second kappa shape index (κ2) is 3.92. The van der Waals surface area contributed by atoms with Gasteiger partial charge >= 0.3 is 5.97 Å². The molecule has 1 fully saturated rings. The molecule has 3 nitrogen and oxygen atoms in total. The first-order chi connectivity index (χ1) is 6.17. The number of allylic oxidation sites excluding steroid dienone is 1. The molecule has 0 amide bonds. The standard InChI is InChI=1S/C10H16O3/c1-3-6-10(9(12)13-2)7-4-5-8(10)11/h3,8,11H,1,4-7H2,2H3/t8-,10-/m1/s1. The summed E-state index contributed by atoms with van der Waals surface area (Å²) in [5, 5.41) is 9.72. The molecule has 0 aliphatic heterocycles. The van der Waals surface area contributed by atoms with E-state index in [0.29, 0.717) is 19.3 Å². The SMILES string of the molecule is C=CC[C@@]1(C(=O)OC)CCC[C@H]1O. The van der Waals surface area contributed by atoms with E-state index in [1.807, 2.05) is 0 Å². The molecule has 13 heavy (non-hydrogen) atoms. The van der Waals surface area contributed by atoms with Crippen LogP contribution in [0.3, 0.4) is 0 Å². The first-order valence-corrected chi connectivity index (χ1v) is 4.55. The van der Waals surface area contributed by atoms with Crippen molar-refractivity contribution in [3.05, 3.63) is 12.7 Å². The van der Waals surface area contributed by atoms with E-state index in [4.69, 9.17) is 4.74 Å². The molecule has 1 rings (SSSR count). The van der Waals surface area contributed by atoms with Crippen molar-refractivity contribution in [3.63, 3.8) is 0 Å². The van der Waals surface area contributed by atoms with Gasteiger partial charge in [-0.05, 0) is 25.7 Å². The van der Waals surface area contributed by atoms with Gasteiger partial charge < -0.3 is 9.84 Å². The normalized spacial score (nSPS) is 32.9. The molecule has 1 aliphatic rings. The summed E-state index contributed by atoms with van der Waals surface area (Å²) in [7, 11) is 1.36. The molecule has 0 aromatic rings. The Labute approximate surface area is 78.4 Å². The van der Waals surface area contributed by atoms with Crippen molar-refractivity contribution >= 4 is 5.97 Å². The van der Waals surface area contributed by atoms with Crippen LogP contribution in [-0.4, -0.2) is 24.3 Å². The zero-order valence-electron chi connectivity index (χ0n) is 7.95. The van der Waals surface area contributed by atoms with Crippen LogP contribution in [0.5, 0.6) is 0 Å². The van der Waals surface area contributed by atoms with Gasteiger partial charge in [-0.2, -0.15) is 0 Å². The van der Waals surface area contributed by atoms with Gasteiger partial charge in [-0.15, -0.1) is 6.58 Å². The minimum absolute atomic E-state index is 0.308. The molecule has 0 heterocycles. The Morgan fingerprint density at radius 2 is 2.54 bits per heavy atom. The molecule has 1 aliphatic carbocycles. The van der Waals surface area contributed by atoms with Gasteiger partial charge in [0.15, 0.2) is 0 Å². The van der Waals surface area contributed by atoms with Gasteiger partial charge in [0.25, 0.3) is 0 Å². The van der Waals surface area contributed by atoms with Crippen molar-refractivity contribution in [2.75, 3.05) is 7.11 Å². The summed E-state index contributed by atoms with van der Waals surface area (Å²) < 4.78 is 4.71. The van der Waals surface area contributed by atoms with Gasteiger partial charge in [-0.3, -0.25) is 4.79 Å². The van der Waals surface area contributed by atoms with E-state index < -0.39 is 11.5 Å². The molecule has 3 heteroatoms. The highest BCUT2D eigenvalue weighted by Gasteiger charge is 2.48. The zero-order valence-corrected chi connectivity index (χ0v) is 7.95. The number of carbonyl (C=O) groups is 1. The largest absolute Gasteiger partial charge is 0.469 e. The summed E-state index contributed by atoms with van der Waals surface area (Å²) >= 11 is 0. The maximum absolute atomic E-state index is 11.5. The van der Waals surface area contributed by atoms with E-state index in [9.17, 15) is 9.90 Å². The van der Waals surface area contributed by atoms with Crippen molar-refractivity contribution in [2.24, 2.45) is 5.41 Å². The van der Waals surface area contributed by atoms with Crippen LogP contribution in [0.4, 0.5) is 0 Å². The van der Waals surface area contributed by atoms with Crippen LogP contribution in [0.15, 0.2) is 12.7 Å². The zero-order chi connectivity index (χ0) is 9.90. The fourth-order valence-electron chi connectivity index (χ4n) is 2.07. The topological polar surface area (TPSA) is 46.5 Å². The molecule has 0 unspecified atom stereocenters. The highest BCUT2D eigenvalue weighted by atomic mass is 16.5. The van der Waals surface area contributed by atoms with Gasteiger partial charge in [0.2, 0.25) is 0 Å². The first-order valence-electron chi connectivity index (χ1n) is 4.55.